The Morgan fingerprint density at radius 1 is 0.288 bits per heavy atom. The molecule has 2 nitrogen and oxygen atoms in total. The molecule has 0 bridgehead atoms. The molecular weight excluding hydrogens is 880 g/mol. The second kappa shape index (κ2) is 17.9. The van der Waals surface area contributed by atoms with Crippen LogP contribution in [-0.4, -0.2) is 6.71 Å². The zero-order valence-electron chi connectivity index (χ0n) is 43.3. The van der Waals surface area contributed by atoms with Gasteiger partial charge in [0, 0.05) is 34.1 Å². The molecule has 3 heteroatoms. The lowest BCUT2D eigenvalue weighted by Gasteiger charge is -2.45. The summed E-state index contributed by atoms with van der Waals surface area (Å²) >= 11 is 0. The van der Waals surface area contributed by atoms with Gasteiger partial charge in [0.1, 0.15) is 0 Å². The maximum atomic E-state index is 2.60. The van der Waals surface area contributed by atoms with Crippen LogP contribution in [0.25, 0.3) is 55.6 Å². The Balaban J connectivity index is 1.22. The largest absolute Gasteiger partial charge is 0.311 e. The number of hydrogen-bond acceptors (Lipinski definition) is 2. The van der Waals surface area contributed by atoms with Crippen LogP contribution in [0.3, 0.4) is 0 Å². The minimum absolute atomic E-state index is 0.0285. The molecule has 0 N–H and O–H groups in total. The summed E-state index contributed by atoms with van der Waals surface area (Å²) in [5.74, 6) is 0. The maximum Gasteiger partial charge on any atom is 0.252 e. The maximum absolute atomic E-state index is 2.60. The lowest BCUT2D eigenvalue weighted by molar-refractivity contribution is 0.569. The summed E-state index contributed by atoms with van der Waals surface area (Å²) in [6, 6.07) is 84.6. The van der Waals surface area contributed by atoms with Crippen molar-refractivity contribution in [2.45, 2.75) is 66.2 Å². The SMILES string of the molecule is Cc1ccc2c(c1)B1c3cc(C)ccc3N(c3cc(-c4ccccc4)cc(-c4ccccc4)c3)c3cc(-c4cc(C(C)(C)C)cc(C(C)(C)C)c4)cc(c31)N2c1cc(-c2ccccc2)cc(-c2ccccc2)c1. The van der Waals surface area contributed by atoms with Gasteiger partial charge < -0.3 is 9.80 Å². The van der Waals surface area contributed by atoms with Gasteiger partial charge in [0.15, 0.2) is 0 Å². The van der Waals surface area contributed by atoms with Gasteiger partial charge in [0.2, 0.25) is 0 Å². The highest BCUT2D eigenvalue weighted by Crippen LogP contribution is 2.49. The first-order chi connectivity index (χ1) is 35.2. The van der Waals surface area contributed by atoms with Crippen molar-refractivity contribution in [1.82, 2.24) is 0 Å². The molecular formula is C70H61BN2. The molecule has 0 fully saturated rings. The third-order valence-electron chi connectivity index (χ3n) is 15.2. The highest BCUT2D eigenvalue weighted by Gasteiger charge is 2.44. The standard InChI is InChI=1S/C70H61BN2/c1-46-29-31-64-62(33-46)71-63-34-47(2)30-32-65(63)73(61-41-54(50-25-17-11-18-26-50)36-55(42-61)51-27-19-12-20-28-51)67-44-57(56-37-58(69(3,4)5)45-59(38-56)70(6,7)8)43-66(68(67)71)72(64)60-39-52(48-21-13-9-14-22-48)35-53(40-60)49-23-15-10-16-24-49/h9-45H,1-8H3. The highest BCUT2D eigenvalue weighted by atomic mass is 15.2. The number of aryl methyl sites for hydroxylation is 2. The molecule has 10 aromatic carbocycles. The number of nitrogens with zero attached hydrogens (tertiary/aromatic N) is 2. The normalized spacial score (nSPS) is 12.8. The van der Waals surface area contributed by atoms with Crippen LogP contribution >= 0.6 is 0 Å². The first-order valence-electron chi connectivity index (χ1n) is 25.9. The Hall–Kier alpha value is -8.14. The fourth-order valence-electron chi connectivity index (χ4n) is 11.3. The van der Waals surface area contributed by atoms with Gasteiger partial charge in [-0.05, 0) is 168 Å². The highest BCUT2D eigenvalue weighted by molar-refractivity contribution is 7.00. The van der Waals surface area contributed by atoms with Gasteiger partial charge in [-0.15, -0.1) is 0 Å². The summed E-state index contributed by atoms with van der Waals surface area (Å²) in [6.45, 7) is 18.5. The number of anilines is 6. The van der Waals surface area contributed by atoms with Crippen LogP contribution in [0.1, 0.15) is 63.8 Å². The Bertz CT molecular complexity index is 3360. The van der Waals surface area contributed by atoms with Crippen molar-refractivity contribution in [3.63, 3.8) is 0 Å². The van der Waals surface area contributed by atoms with Crippen molar-refractivity contribution < 1.29 is 0 Å². The van der Waals surface area contributed by atoms with E-state index in [0.29, 0.717) is 0 Å². The predicted octanol–water partition coefficient (Wildman–Crippen LogP) is 17.3. The molecule has 0 radical (unpaired) electrons. The Morgan fingerprint density at radius 3 is 0.932 bits per heavy atom. The Labute approximate surface area is 433 Å². The molecule has 0 aliphatic carbocycles. The van der Waals surface area contributed by atoms with Crippen molar-refractivity contribution in [2.24, 2.45) is 0 Å². The van der Waals surface area contributed by atoms with Crippen LogP contribution in [0, 0.1) is 13.8 Å². The van der Waals surface area contributed by atoms with Gasteiger partial charge in [-0.1, -0.05) is 216 Å². The predicted molar refractivity (Wildman–Crippen MR) is 315 cm³/mol. The van der Waals surface area contributed by atoms with Crippen molar-refractivity contribution in [3.05, 3.63) is 247 Å². The number of hydrogen-bond donors (Lipinski definition) is 0. The molecule has 354 valence electrons. The van der Waals surface area contributed by atoms with E-state index in [4.69, 9.17) is 0 Å². The average Bonchev–Trinajstić information content (AvgIpc) is 3.41. The molecule has 0 spiro atoms. The lowest BCUT2D eigenvalue weighted by Crippen LogP contribution is -2.61. The zero-order chi connectivity index (χ0) is 50.2. The topological polar surface area (TPSA) is 6.48 Å². The van der Waals surface area contributed by atoms with E-state index in [1.54, 1.807) is 0 Å². The summed E-state index contributed by atoms with van der Waals surface area (Å²) in [5, 5.41) is 0. The van der Waals surface area contributed by atoms with E-state index in [0.717, 1.165) is 11.4 Å². The minimum atomic E-state index is -0.0628. The fraction of sp³-hybridized carbons (Fsp3) is 0.143. The summed E-state index contributed by atoms with van der Waals surface area (Å²) in [5.41, 5.74) is 27.9. The van der Waals surface area contributed by atoms with Crippen molar-refractivity contribution >= 4 is 57.2 Å². The van der Waals surface area contributed by atoms with Crippen LogP contribution in [0.2, 0.25) is 0 Å². The molecule has 0 aromatic heterocycles. The molecule has 2 heterocycles. The molecule has 10 aromatic rings. The van der Waals surface area contributed by atoms with Gasteiger partial charge in [-0.2, -0.15) is 0 Å². The van der Waals surface area contributed by atoms with Crippen molar-refractivity contribution in [2.75, 3.05) is 9.80 Å². The molecule has 0 amide bonds. The zero-order valence-corrected chi connectivity index (χ0v) is 43.3. The second-order valence-corrected chi connectivity index (χ2v) is 22.5. The van der Waals surface area contributed by atoms with E-state index < -0.39 is 0 Å². The molecule has 2 aliphatic rings. The van der Waals surface area contributed by atoms with Crippen LogP contribution in [0.4, 0.5) is 34.1 Å². The van der Waals surface area contributed by atoms with E-state index in [-0.39, 0.29) is 17.5 Å². The van der Waals surface area contributed by atoms with E-state index in [1.165, 1.54) is 117 Å². The van der Waals surface area contributed by atoms with E-state index in [2.05, 4.69) is 290 Å². The van der Waals surface area contributed by atoms with E-state index in [1.807, 2.05) is 0 Å². The van der Waals surface area contributed by atoms with Crippen molar-refractivity contribution in [1.29, 1.82) is 0 Å². The summed E-state index contributed by atoms with van der Waals surface area (Å²) < 4.78 is 0. The molecule has 0 saturated carbocycles. The fourth-order valence-corrected chi connectivity index (χ4v) is 11.3. The molecule has 12 rings (SSSR count). The van der Waals surface area contributed by atoms with Crippen LogP contribution in [0.15, 0.2) is 224 Å². The molecule has 0 saturated heterocycles. The molecule has 73 heavy (non-hydrogen) atoms. The van der Waals surface area contributed by atoms with Gasteiger partial charge in [0.25, 0.3) is 6.71 Å². The van der Waals surface area contributed by atoms with Crippen molar-refractivity contribution in [3.8, 4) is 55.6 Å². The Kier molecular flexibility index (Phi) is 11.2. The number of rotatable bonds is 7. The van der Waals surface area contributed by atoms with Gasteiger partial charge >= 0.3 is 0 Å². The average molecular weight is 941 g/mol. The number of fused-ring (bicyclic) bond motifs is 4. The monoisotopic (exact) mass is 940 g/mol. The first-order valence-corrected chi connectivity index (χ1v) is 25.9. The lowest BCUT2D eigenvalue weighted by atomic mass is 9.33. The van der Waals surface area contributed by atoms with Crippen LogP contribution < -0.4 is 26.2 Å². The third-order valence-corrected chi connectivity index (χ3v) is 15.2. The quantitative estimate of drug-likeness (QED) is 0.147. The second-order valence-electron chi connectivity index (χ2n) is 22.5. The van der Waals surface area contributed by atoms with Gasteiger partial charge in [0.05, 0.1) is 0 Å². The first kappa shape index (κ1) is 46.0. The molecule has 2 aliphatic heterocycles. The van der Waals surface area contributed by atoms with Crippen LogP contribution in [-0.2, 0) is 10.8 Å². The van der Waals surface area contributed by atoms with Gasteiger partial charge in [-0.3, -0.25) is 0 Å². The molecule has 0 unspecified atom stereocenters. The van der Waals surface area contributed by atoms with E-state index >= 15 is 0 Å². The summed E-state index contributed by atoms with van der Waals surface area (Å²) in [4.78, 5) is 5.19. The third kappa shape index (κ3) is 8.47. The smallest absolute Gasteiger partial charge is 0.252 e. The molecule has 0 atom stereocenters. The number of benzene rings is 10. The summed E-state index contributed by atoms with van der Waals surface area (Å²) in [6.07, 6.45) is 0. The minimum Gasteiger partial charge on any atom is -0.311 e. The van der Waals surface area contributed by atoms with Crippen LogP contribution in [0.5, 0.6) is 0 Å². The van der Waals surface area contributed by atoms with Gasteiger partial charge in [-0.25, -0.2) is 0 Å². The summed E-state index contributed by atoms with van der Waals surface area (Å²) in [7, 11) is 0. The Morgan fingerprint density at radius 2 is 0.603 bits per heavy atom. The van der Waals surface area contributed by atoms with E-state index in [9.17, 15) is 0 Å².